The standard InChI is InChI=1S/C17H16F2N2O3S/c1-11-2-5-13(6-3-11)21-9-8-15(17(21)22)20-25(23,24)16-10-12(18)4-7-14(16)19/h2-7,10,15,20H,8-9H2,1H3/t15-/m0/s1. The van der Waals surface area contributed by atoms with Crippen LogP contribution >= 0.6 is 0 Å². The van der Waals surface area contributed by atoms with E-state index in [9.17, 15) is 22.0 Å². The molecule has 1 atom stereocenters. The highest BCUT2D eigenvalue weighted by Gasteiger charge is 2.36. The fourth-order valence-electron chi connectivity index (χ4n) is 2.70. The summed E-state index contributed by atoms with van der Waals surface area (Å²) in [4.78, 5) is 13.1. The van der Waals surface area contributed by atoms with Crippen LogP contribution in [-0.4, -0.2) is 26.9 Å². The van der Waals surface area contributed by atoms with Crippen molar-refractivity contribution in [3.8, 4) is 0 Å². The molecule has 0 unspecified atom stereocenters. The van der Waals surface area contributed by atoms with Crippen LogP contribution in [0.3, 0.4) is 0 Å². The molecule has 8 heteroatoms. The lowest BCUT2D eigenvalue weighted by molar-refractivity contribution is -0.118. The van der Waals surface area contributed by atoms with Gasteiger partial charge in [-0.25, -0.2) is 17.2 Å². The summed E-state index contributed by atoms with van der Waals surface area (Å²) in [6.07, 6.45) is 0.239. The number of benzene rings is 2. The molecule has 1 aliphatic rings. The molecule has 0 aliphatic carbocycles. The number of amides is 1. The molecule has 0 aromatic heterocycles. The number of hydrogen-bond donors (Lipinski definition) is 1. The molecular weight excluding hydrogens is 350 g/mol. The Labute approximate surface area is 144 Å². The normalized spacial score (nSPS) is 18.0. The highest BCUT2D eigenvalue weighted by Crippen LogP contribution is 2.24. The number of carbonyl (C=O) groups is 1. The summed E-state index contributed by atoms with van der Waals surface area (Å²) in [6, 6.07) is 8.38. The molecule has 1 fully saturated rings. The van der Waals surface area contributed by atoms with E-state index in [2.05, 4.69) is 4.72 Å². The van der Waals surface area contributed by atoms with Gasteiger partial charge in [-0.15, -0.1) is 0 Å². The Kier molecular flexibility index (Phi) is 4.57. The first-order valence-electron chi connectivity index (χ1n) is 7.63. The molecule has 0 bridgehead atoms. The SMILES string of the molecule is Cc1ccc(N2CC[C@H](NS(=O)(=O)c3cc(F)ccc3F)C2=O)cc1. The average molecular weight is 366 g/mol. The van der Waals surface area contributed by atoms with Crippen LogP contribution in [0.1, 0.15) is 12.0 Å². The smallest absolute Gasteiger partial charge is 0.245 e. The molecule has 0 radical (unpaired) electrons. The van der Waals surface area contributed by atoms with Crippen LogP contribution < -0.4 is 9.62 Å². The lowest BCUT2D eigenvalue weighted by Crippen LogP contribution is -2.41. The summed E-state index contributed by atoms with van der Waals surface area (Å²) in [5.41, 5.74) is 1.70. The maximum Gasteiger partial charge on any atom is 0.245 e. The Morgan fingerprint density at radius 2 is 1.80 bits per heavy atom. The first-order chi connectivity index (χ1) is 11.8. The Bertz CT molecular complexity index is 914. The summed E-state index contributed by atoms with van der Waals surface area (Å²) in [7, 11) is -4.35. The van der Waals surface area contributed by atoms with E-state index in [0.29, 0.717) is 18.3 Å². The molecule has 0 spiro atoms. The average Bonchev–Trinajstić information content (AvgIpc) is 2.91. The van der Waals surface area contributed by atoms with Gasteiger partial charge in [0.15, 0.2) is 0 Å². The molecule has 1 aliphatic heterocycles. The van der Waals surface area contributed by atoms with Gasteiger partial charge in [-0.05, 0) is 43.7 Å². The van der Waals surface area contributed by atoms with Crippen LogP contribution in [0.25, 0.3) is 0 Å². The van der Waals surface area contributed by atoms with Crippen molar-refractivity contribution in [1.82, 2.24) is 4.72 Å². The number of anilines is 1. The minimum absolute atomic E-state index is 0.239. The van der Waals surface area contributed by atoms with Crippen LogP contribution in [-0.2, 0) is 14.8 Å². The fraction of sp³-hybridized carbons (Fsp3) is 0.235. The summed E-state index contributed by atoms with van der Waals surface area (Å²) >= 11 is 0. The van der Waals surface area contributed by atoms with Crippen molar-refractivity contribution < 1.29 is 22.0 Å². The Hall–Kier alpha value is -2.32. The lowest BCUT2D eigenvalue weighted by Gasteiger charge is -2.17. The number of aryl methyl sites for hydroxylation is 1. The van der Waals surface area contributed by atoms with Crippen LogP contribution in [0, 0.1) is 18.6 Å². The highest BCUT2D eigenvalue weighted by atomic mass is 32.2. The van der Waals surface area contributed by atoms with Crippen LogP contribution in [0.15, 0.2) is 47.4 Å². The molecule has 1 heterocycles. The Morgan fingerprint density at radius 1 is 1.12 bits per heavy atom. The van der Waals surface area contributed by atoms with E-state index in [1.54, 1.807) is 12.1 Å². The molecule has 2 aromatic rings. The second-order valence-corrected chi connectivity index (χ2v) is 7.55. The van der Waals surface area contributed by atoms with Gasteiger partial charge in [0.25, 0.3) is 0 Å². The van der Waals surface area contributed by atoms with Gasteiger partial charge in [0.1, 0.15) is 22.6 Å². The van der Waals surface area contributed by atoms with Crippen molar-refractivity contribution in [1.29, 1.82) is 0 Å². The molecule has 5 nitrogen and oxygen atoms in total. The zero-order valence-electron chi connectivity index (χ0n) is 13.4. The van der Waals surface area contributed by atoms with Crippen molar-refractivity contribution in [2.24, 2.45) is 0 Å². The zero-order chi connectivity index (χ0) is 18.2. The zero-order valence-corrected chi connectivity index (χ0v) is 14.2. The molecule has 3 rings (SSSR count). The van der Waals surface area contributed by atoms with Gasteiger partial charge in [-0.2, -0.15) is 4.72 Å². The summed E-state index contributed by atoms with van der Waals surface area (Å²) < 4.78 is 53.8. The lowest BCUT2D eigenvalue weighted by atomic mass is 10.2. The third-order valence-corrected chi connectivity index (χ3v) is 5.52. The van der Waals surface area contributed by atoms with Crippen LogP contribution in [0.4, 0.5) is 14.5 Å². The highest BCUT2D eigenvalue weighted by molar-refractivity contribution is 7.89. The van der Waals surface area contributed by atoms with Crippen molar-refractivity contribution in [2.45, 2.75) is 24.3 Å². The quantitative estimate of drug-likeness (QED) is 0.903. The molecular formula is C17H16F2N2O3S. The molecule has 1 saturated heterocycles. The fourth-order valence-corrected chi connectivity index (χ4v) is 4.02. The van der Waals surface area contributed by atoms with Gasteiger partial charge in [0.2, 0.25) is 15.9 Å². The number of halogens is 2. The molecule has 1 N–H and O–H groups in total. The van der Waals surface area contributed by atoms with Gasteiger partial charge >= 0.3 is 0 Å². The van der Waals surface area contributed by atoms with E-state index in [1.807, 2.05) is 19.1 Å². The van der Waals surface area contributed by atoms with Crippen molar-refractivity contribution in [3.63, 3.8) is 0 Å². The van der Waals surface area contributed by atoms with E-state index in [4.69, 9.17) is 0 Å². The largest absolute Gasteiger partial charge is 0.311 e. The van der Waals surface area contributed by atoms with E-state index in [-0.39, 0.29) is 6.42 Å². The Morgan fingerprint density at radius 3 is 2.48 bits per heavy atom. The Balaban J connectivity index is 1.80. The minimum atomic E-state index is -4.35. The summed E-state index contributed by atoms with van der Waals surface area (Å²) in [5, 5.41) is 0. The van der Waals surface area contributed by atoms with Gasteiger partial charge in [0.05, 0.1) is 0 Å². The van der Waals surface area contributed by atoms with Gasteiger partial charge in [0, 0.05) is 12.2 Å². The van der Waals surface area contributed by atoms with Crippen LogP contribution in [0.2, 0.25) is 0 Å². The van der Waals surface area contributed by atoms with Crippen molar-refractivity contribution in [3.05, 3.63) is 59.7 Å². The summed E-state index contributed by atoms with van der Waals surface area (Å²) in [5.74, 6) is -2.38. The van der Waals surface area contributed by atoms with Crippen LogP contribution in [0.5, 0.6) is 0 Å². The predicted octanol–water partition coefficient (Wildman–Crippen LogP) is 2.36. The number of carbonyl (C=O) groups excluding carboxylic acids is 1. The molecule has 2 aromatic carbocycles. The predicted molar refractivity (Wildman–Crippen MR) is 88.6 cm³/mol. The molecule has 0 saturated carbocycles. The maximum absolute atomic E-state index is 13.7. The molecule has 1 amide bonds. The number of nitrogens with zero attached hydrogens (tertiary/aromatic N) is 1. The first-order valence-corrected chi connectivity index (χ1v) is 9.12. The molecule has 132 valence electrons. The van der Waals surface area contributed by atoms with Gasteiger partial charge in [-0.3, -0.25) is 4.79 Å². The van der Waals surface area contributed by atoms with E-state index >= 15 is 0 Å². The number of nitrogens with one attached hydrogen (secondary N) is 1. The minimum Gasteiger partial charge on any atom is -0.311 e. The van der Waals surface area contributed by atoms with Gasteiger partial charge in [-0.1, -0.05) is 17.7 Å². The molecule has 25 heavy (non-hydrogen) atoms. The number of sulfonamides is 1. The maximum atomic E-state index is 13.7. The van der Waals surface area contributed by atoms with E-state index < -0.39 is 38.5 Å². The second kappa shape index (κ2) is 6.53. The number of rotatable bonds is 4. The topological polar surface area (TPSA) is 66.5 Å². The summed E-state index contributed by atoms with van der Waals surface area (Å²) in [6.45, 7) is 2.25. The third kappa shape index (κ3) is 3.54. The van der Waals surface area contributed by atoms with Gasteiger partial charge < -0.3 is 4.90 Å². The second-order valence-electron chi connectivity index (χ2n) is 5.86. The third-order valence-electron chi connectivity index (χ3n) is 4.03. The first kappa shape index (κ1) is 17.5. The van der Waals surface area contributed by atoms with Crippen molar-refractivity contribution in [2.75, 3.05) is 11.4 Å². The number of hydrogen-bond acceptors (Lipinski definition) is 3. The van der Waals surface area contributed by atoms with E-state index in [1.165, 1.54) is 4.90 Å². The van der Waals surface area contributed by atoms with E-state index in [0.717, 1.165) is 17.7 Å². The van der Waals surface area contributed by atoms with Crippen molar-refractivity contribution >= 4 is 21.6 Å². The monoisotopic (exact) mass is 366 g/mol.